The molecule has 1 aromatic carbocycles. The van der Waals surface area contributed by atoms with Gasteiger partial charge in [-0.25, -0.2) is 0 Å². The van der Waals surface area contributed by atoms with Gasteiger partial charge >= 0.3 is 0 Å². The summed E-state index contributed by atoms with van der Waals surface area (Å²) in [5.41, 5.74) is 7.57. The van der Waals surface area contributed by atoms with Crippen LogP contribution in [-0.2, 0) is 35.1 Å². The normalized spacial score (nSPS) is 19.0. The summed E-state index contributed by atoms with van der Waals surface area (Å²) >= 11 is 0. The molecule has 0 spiro atoms. The minimum Gasteiger partial charge on any atom is -0.399 e. The number of likely N-dealkylation sites (tertiary alicyclic amines) is 1. The number of methoxy groups -OCH3 is 2. The number of rotatable bonds is 20. The van der Waals surface area contributed by atoms with Crippen molar-refractivity contribution in [1.29, 1.82) is 0 Å². The number of benzene rings is 1. The van der Waals surface area contributed by atoms with E-state index in [2.05, 4.69) is 24.5 Å². The van der Waals surface area contributed by atoms with Crippen LogP contribution in [0.5, 0.6) is 0 Å². The summed E-state index contributed by atoms with van der Waals surface area (Å²) in [6, 6.07) is 5.77. The van der Waals surface area contributed by atoms with Crippen molar-refractivity contribution in [1.82, 2.24) is 25.3 Å². The Labute approximate surface area is 307 Å². The van der Waals surface area contributed by atoms with Gasteiger partial charge in [0, 0.05) is 40.0 Å². The molecule has 1 aromatic rings. The molecule has 1 aliphatic heterocycles. The molecule has 0 aliphatic carbocycles. The van der Waals surface area contributed by atoms with Gasteiger partial charge in [-0.05, 0) is 68.8 Å². The Morgan fingerprint density at radius 3 is 2.08 bits per heavy atom. The van der Waals surface area contributed by atoms with Crippen LogP contribution in [0.25, 0.3) is 0 Å². The summed E-state index contributed by atoms with van der Waals surface area (Å²) in [5, 5.41) is 6.07. The van der Waals surface area contributed by atoms with Crippen LogP contribution >= 0.6 is 0 Å². The highest BCUT2D eigenvalue weighted by molar-refractivity contribution is 5.90. The first-order valence-corrected chi connectivity index (χ1v) is 18.7. The molecule has 0 bridgehead atoms. The number of nitrogens with zero attached hydrogens (tertiary/aromatic N) is 3. The monoisotopic (exact) mass is 717 g/mol. The molecule has 4 amide bonds. The maximum Gasteiger partial charge on any atom is 0.245 e. The fourth-order valence-corrected chi connectivity index (χ4v) is 7.59. The Morgan fingerprint density at radius 1 is 0.941 bits per heavy atom. The number of nitrogen functional groups attached to an aromatic ring is 1. The molecular weight excluding hydrogens is 648 g/mol. The summed E-state index contributed by atoms with van der Waals surface area (Å²) in [6.45, 7) is 14.8. The van der Waals surface area contributed by atoms with E-state index in [4.69, 9.17) is 15.2 Å². The molecule has 2 rings (SSSR count). The number of hydrogen-bond donors (Lipinski definition) is 3. The van der Waals surface area contributed by atoms with Crippen LogP contribution in [0.15, 0.2) is 24.3 Å². The molecule has 12 nitrogen and oxygen atoms in total. The number of ether oxygens (including phenoxy) is 2. The summed E-state index contributed by atoms with van der Waals surface area (Å²) in [4.78, 5) is 60.3. The van der Waals surface area contributed by atoms with Crippen LogP contribution in [0.4, 0.5) is 5.69 Å². The number of anilines is 1. The Hall–Kier alpha value is -3.22. The summed E-state index contributed by atoms with van der Waals surface area (Å²) in [6.07, 6.45) is 1.93. The standard InChI is InChI=1S/C39H68N6O6/c1-13-26(6)35(44(10)39(49)33(24(2)3)42-38(48)34(25(4)5)43(8)9)31(50-11)23-32(46)45-22-14-15-30(45)36(51-12)27(7)37(47)41-21-20-28-16-18-29(40)19-17-28/h16-19,24-27,30-31,33-36H,13-15,20-23,40H2,1-12H3,(H,41,47)(H,42,48). The van der Waals surface area contributed by atoms with Gasteiger partial charge in [0.1, 0.15) is 6.04 Å². The quantitative estimate of drug-likeness (QED) is 0.174. The van der Waals surface area contributed by atoms with Crippen molar-refractivity contribution in [3.8, 4) is 0 Å². The Morgan fingerprint density at radius 2 is 1.57 bits per heavy atom. The molecule has 1 aliphatic rings. The zero-order chi connectivity index (χ0) is 38.6. The van der Waals surface area contributed by atoms with Crippen molar-refractivity contribution < 1.29 is 28.7 Å². The maximum absolute atomic E-state index is 14.2. The van der Waals surface area contributed by atoms with E-state index in [9.17, 15) is 19.2 Å². The first kappa shape index (κ1) is 43.9. The van der Waals surface area contributed by atoms with Crippen molar-refractivity contribution in [2.24, 2.45) is 23.7 Å². The highest BCUT2D eigenvalue weighted by Crippen LogP contribution is 2.29. The minimum absolute atomic E-state index is 0.00320. The lowest BCUT2D eigenvalue weighted by Crippen LogP contribution is -2.59. The molecule has 290 valence electrons. The zero-order valence-electron chi connectivity index (χ0n) is 33.4. The molecule has 1 heterocycles. The molecule has 0 aromatic heterocycles. The highest BCUT2D eigenvalue weighted by Gasteiger charge is 2.43. The lowest BCUT2D eigenvalue weighted by molar-refractivity contribution is -0.148. The first-order valence-electron chi connectivity index (χ1n) is 18.7. The Balaban J connectivity index is 2.21. The molecule has 0 radical (unpaired) electrons. The van der Waals surface area contributed by atoms with E-state index in [0.717, 1.165) is 24.8 Å². The van der Waals surface area contributed by atoms with Gasteiger partial charge in [-0.15, -0.1) is 0 Å². The van der Waals surface area contributed by atoms with E-state index in [-0.39, 0.29) is 59.9 Å². The lowest BCUT2D eigenvalue weighted by atomic mass is 9.89. The van der Waals surface area contributed by atoms with Gasteiger partial charge in [0.2, 0.25) is 23.6 Å². The molecule has 1 fully saturated rings. The average molecular weight is 717 g/mol. The third-order valence-electron chi connectivity index (χ3n) is 10.6. The van der Waals surface area contributed by atoms with Gasteiger partial charge in [0.25, 0.3) is 0 Å². The van der Waals surface area contributed by atoms with E-state index in [1.807, 2.05) is 82.8 Å². The molecule has 8 unspecified atom stereocenters. The fraction of sp³-hybridized carbons (Fsp3) is 0.744. The van der Waals surface area contributed by atoms with E-state index in [1.54, 1.807) is 26.2 Å². The van der Waals surface area contributed by atoms with E-state index < -0.39 is 30.2 Å². The molecule has 0 saturated carbocycles. The molecule has 8 atom stereocenters. The number of nitrogens with one attached hydrogen (secondary N) is 2. The van der Waals surface area contributed by atoms with Gasteiger partial charge in [0.05, 0.1) is 42.7 Å². The summed E-state index contributed by atoms with van der Waals surface area (Å²) in [5.74, 6) is -1.21. The predicted octanol–water partition coefficient (Wildman–Crippen LogP) is 3.57. The van der Waals surface area contributed by atoms with Gasteiger partial charge < -0.3 is 35.6 Å². The van der Waals surface area contributed by atoms with E-state index >= 15 is 0 Å². The second-order valence-corrected chi connectivity index (χ2v) is 15.3. The smallest absolute Gasteiger partial charge is 0.245 e. The SMILES string of the molecule is CCC(C)C(C(CC(=O)N1CCCC1C(OC)C(C)C(=O)NCCc1ccc(N)cc1)OC)N(C)C(=O)C(NC(=O)C(C(C)C)N(C)C)C(C)C. The number of amides is 4. The van der Waals surface area contributed by atoms with Gasteiger partial charge in [-0.3, -0.25) is 24.1 Å². The van der Waals surface area contributed by atoms with Crippen molar-refractivity contribution in [2.75, 3.05) is 54.2 Å². The number of hydrogen-bond acceptors (Lipinski definition) is 8. The van der Waals surface area contributed by atoms with Gasteiger partial charge in [0.15, 0.2) is 0 Å². The second kappa shape index (κ2) is 20.7. The highest BCUT2D eigenvalue weighted by atomic mass is 16.5. The topological polar surface area (TPSA) is 147 Å². The van der Waals surface area contributed by atoms with Crippen LogP contribution in [0.3, 0.4) is 0 Å². The Kier molecular flexibility index (Phi) is 17.9. The third-order valence-corrected chi connectivity index (χ3v) is 10.6. The van der Waals surface area contributed by atoms with Crippen molar-refractivity contribution in [3.63, 3.8) is 0 Å². The number of nitrogens with two attached hydrogens (primary N) is 1. The predicted molar refractivity (Wildman–Crippen MR) is 203 cm³/mol. The van der Waals surface area contributed by atoms with Crippen LogP contribution in [0, 0.1) is 23.7 Å². The fourth-order valence-electron chi connectivity index (χ4n) is 7.59. The average Bonchev–Trinajstić information content (AvgIpc) is 3.56. The van der Waals surface area contributed by atoms with Crippen LogP contribution in [0.1, 0.15) is 79.7 Å². The molecule has 4 N–H and O–H groups in total. The summed E-state index contributed by atoms with van der Waals surface area (Å²) in [7, 11) is 8.64. The van der Waals surface area contributed by atoms with Crippen molar-refractivity contribution in [2.45, 2.75) is 117 Å². The number of carbonyl (C=O) groups is 4. The van der Waals surface area contributed by atoms with Crippen molar-refractivity contribution >= 4 is 29.3 Å². The van der Waals surface area contributed by atoms with Crippen molar-refractivity contribution in [3.05, 3.63) is 29.8 Å². The minimum atomic E-state index is -0.743. The molecule has 1 saturated heterocycles. The Bertz CT molecular complexity index is 1250. The van der Waals surface area contributed by atoms with Crippen LogP contribution in [-0.4, -0.2) is 123 Å². The second-order valence-electron chi connectivity index (χ2n) is 15.3. The van der Waals surface area contributed by atoms with E-state index in [1.165, 1.54) is 0 Å². The lowest BCUT2D eigenvalue weighted by Gasteiger charge is -2.41. The molecule has 12 heteroatoms. The van der Waals surface area contributed by atoms with Gasteiger partial charge in [-0.1, -0.05) is 67.0 Å². The van der Waals surface area contributed by atoms with E-state index in [0.29, 0.717) is 25.2 Å². The summed E-state index contributed by atoms with van der Waals surface area (Å²) < 4.78 is 11.9. The van der Waals surface area contributed by atoms with Gasteiger partial charge in [-0.2, -0.15) is 0 Å². The third kappa shape index (κ3) is 11.9. The first-order chi connectivity index (χ1) is 24.0. The van der Waals surface area contributed by atoms with Crippen LogP contribution in [0.2, 0.25) is 0 Å². The number of carbonyl (C=O) groups excluding carboxylic acids is 4. The maximum atomic E-state index is 14.2. The number of likely N-dealkylation sites (N-methyl/N-ethyl adjacent to an activating group) is 2. The van der Waals surface area contributed by atoms with Crippen LogP contribution < -0.4 is 16.4 Å². The molecular formula is C39H68N6O6. The molecule has 51 heavy (non-hydrogen) atoms. The largest absolute Gasteiger partial charge is 0.399 e. The zero-order valence-corrected chi connectivity index (χ0v) is 33.4.